The molecule has 1 aromatic carbocycles. The maximum atomic E-state index is 13.0. The average molecular weight is 324 g/mol. The van der Waals surface area contributed by atoms with Gasteiger partial charge in [-0.25, -0.2) is 9.37 Å². The molecule has 0 aliphatic rings. The average Bonchev–Trinajstić information content (AvgIpc) is 2.80. The van der Waals surface area contributed by atoms with Crippen LogP contribution in [0.1, 0.15) is 18.2 Å². The van der Waals surface area contributed by atoms with Gasteiger partial charge in [0, 0.05) is 10.4 Å². The smallest absolute Gasteiger partial charge is 0.236 e. The maximum Gasteiger partial charge on any atom is 0.236 e. The van der Waals surface area contributed by atoms with E-state index in [1.54, 1.807) is 23.9 Å². The fourth-order valence-corrected chi connectivity index (χ4v) is 3.33. The highest BCUT2D eigenvalue weighted by Crippen LogP contribution is 2.30. The molecule has 0 saturated heterocycles. The van der Waals surface area contributed by atoms with Gasteiger partial charge >= 0.3 is 0 Å². The van der Waals surface area contributed by atoms with Crippen LogP contribution in [0.2, 0.25) is 0 Å². The predicted molar refractivity (Wildman–Crippen MR) is 88.5 cm³/mol. The molecule has 1 heterocycles. The largest absolute Gasteiger partial charge is 0.301 e. The minimum atomic E-state index is -0.270. The Balaban J connectivity index is 2.05. The zero-order valence-electron chi connectivity index (χ0n) is 12.0. The number of rotatable bonds is 6. The lowest BCUT2D eigenvalue weighted by Crippen LogP contribution is -2.14. The summed E-state index contributed by atoms with van der Waals surface area (Å²) in [5.41, 5.74) is 1.64. The van der Waals surface area contributed by atoms with Gasteiger partial charge in [-0.2, -0.15) is 11.8 Å². The van der Waals surface area contributed by atoms with E-state index in [4.69, 9.17) is 0 Å². The third-order valence-corrected chi connectivity index (χ3v) is 4.79. The van der Waals surface area contributed by atoms with Crippen molar-refractivity contribution in [1.29, 1.82) is 0 Å². The van der Waals surface area contributed by atoms with E-state index in [-0.39, 0.29) is 11.7 Å². The first kappa shape index (κ1) is 16.0. The molecule has 0 aliphatic carbocycles. The highest BCUT2D eigenvalue weighted by Gasteiger charge is 2.12. The lowest BCUT2D eigenvalue weighted by molar-refractivity contribution is -0.113. The first-order valence-corrected chi connectivity index (χ1v) is 8.68. The van der Waals surface area contributed by atoms with Gasteiger partial charge in [-0.1, -0.05) is 6.92 Å². The summed E-state index contributed by atoms with van der Waals surface area (Å²) >= 11 is 3.05. The molecule has 0 unspecified atom stereocenters. The summed E-state index contributed by atoms with van der Waals surface area (Å²) < 4.78 is 13.0. The number of nitrogens with one attached hydrogen (secondary N) is 1. The molecular weight excluding hydrogens is 307 g/mol. The van der Waals surface area contributed by atoms with Crippen molar-refractivity contribution in [3.63, 3.8) is 0 Å². The summed E-state index contributed by atoms with van der Waals surface area (Å²) in [5.74, 6) is 1.12. The fourth-order valence-electron chi connectivity index (χ4n) is 1.79. The molecule has 0 radical (unpaired) electrons. The quantitative estimate of drug-likeness (QED) is 0.804. The van der Waals surface area contributed by atoms with Crippen LogP contribution in [0.3, 0.4) is 0 Å². The summed E-state index contributed by atoms with van der Waals surface area (Å²) in [6.07, 6.45) is 1.06. The van der Waals surface area contributed by atoms with Gasteiger partial charge in [-0.05, 0) is 43.4 Å². The Morgan fingerprint density at radius 1 is 1.38 bits per heavy atom. The van der Waals surface area contributed by atoms with Crippen LogP contribution in [-0.4, -0.2) is 22.4 Å². The number of aryl methyl sites for hydroxylation is 1. The topological polar surface area (TPSA) is 42.0 Å². The molecular formula is C15H17FN2OS2. The number of nitrogens with zero attached hydrogens (tertiary/aromatic N) is 1. The van der Waals surface area contributed by atoms with Gasteiger partial charge < -0.3 is 5.32 Å². The highest BCUT2D eigenvalue weighted by molar-refractivity contribution is 7.99. The zero-order valence-corrected chi connectivity index (χ0v) is 13.6. The van der Waals surface area contributed by atoms with Crippen molar-refractivity contribution in [2.75, 3.05) is 16.8 Å². The van der Waals surface area contributed by atoms with Gasteiger partial charge in [0.2, 0.25) is 5.91 Å². The molecule has 2 aromatic rings. The second-order valence-electron chi connectivity index (χ2n) is 4.53. The Labute approximate surface area is 132 Å². The predicted octanol–water partition coefficient (Wildman–Crippen LogP) is 4.34. The van der Waals surface area contributed by atoms with Gasteiger partial charge in [-0.15, -0.1) is 11.3 Å². The number of thioether (sulfide) groups is 1. The number of thiazole rings is 1. The van der Waals surface area contributed by atoms with E-state index >= 15 is 0 Å². The molecule has 2 rings (SSSR count). The fraction of sp³-hybridized carbons (Fsp3) is 0.333. The molecule has 1 N–H and O–H groups in total. The molecule has 0 aliphatic heterocycles. The van der Waals surface area contributed by atoms with Crippen LogP contribution in [0.15, 0.2) is 24.3 Å². The van der Waals surface area contributed by atoms with Crippen molar-refractivity contribution in [2.45, 2.75) is 20.3 Å². The minimum absolute atomic E-state index is 0.0344. The second kappa shape index (κ2) is 7.56. The van der Waals surface area contributed by atoms with Crippen molar-refractivity contribution in [3.05, 3.63) is 35.0 Å². The third-order valence-electron chi connectivity index (χ3n) is 2.74. The van der Waals surface area contributed by atoms with Crippen LogP contribution in [-0.2, 0) is 4.79 Å². The Bertz CT molecular complexity index is 611. The molecule has 1 aromatic heterocycles. The normalized spacial score (nSPS) is 10.6. The van der Waals surface area contributed by atoms with Crippen LogP contribution < -0.4 is 5.32 Å². The number of anilines is 1. The Morgan fingerprint density at radius 2 is 2.10 bits per heavy atom. The molecule has 1 amide bonds. The summed E-state index contributed by atoms with van der Waals surface area (Å²) in [5, 5.41) is 3.41. The van der Waals surface area contributed by atoms with Gasteiger partial charge in [0.25, 0.3) is 0 Å². The van der Waals surface area contributed by atoms with E-state index in [0.717, 1.165) is 28.3 Å². The number of hydrogen-bond acceptors (Lipinski definition) is 4. The van der Waals surface area contributed by atoms with E-state index in [9.17, 15) is 9.18 Å². The molecule has 112 valence electrons. The first-order chi connectivity index (χ1) is 10.1. The van der Waals surface area contributed by atoms with Crippen LogP contribution in [0, 0.1) is 12.7 Å². The molecule has 0 bridgehead atoms. The van der Waals surface area contributed by atoms with Crippen molar-refractivity contribution < 1.29 is 9.18 Å². The van der Waals surface area contributed by atoms with E-state index in [1.165, 1.54) is 23.5 Å². The Kier molecular flexibility index (Phi) is 5.76. The van der Waals surface area contributed by atoms with Crippen LogP contribution in [0.25, 0.3) is 11.3 Å². The summed E-state index contributed by atoms with van der Waals surface area (Å²) in [4.78, 5) is 17.2. The summed E-state index contributed by atoms with van der Waals surface area (Å²) in [6, 6.07) is 6.21. The maximum absolute atomic E-state index is 13.0. The molecule has 0 saturated carbocycles. The van der Waals surface area contributed by atoms with E-state index in [2.05, 4.69) is 17.2 Å². The lowest BCUT2D eigenvalue weighted by Gasteiger charge is -2.00. The van der Waals surface area contributed by atoms with Crippen molar-refractivity contribution in [3.8, 4) is 11.3 Å². The van der Waals surface area contributed by atoms with Crippen molar-refractivity contribution in [2.24, 2.45) is 0 Å². The minimum Gasteiger partial charge on any atom is -0.301 e. The number of aromatic nitrogens is 1. The molecule has 0 atom stereocenters. The van der Waals surface area contributed by atoms with Crippen molar-refractivity contribution in [1.82, 2.24) is 4.98 Å². The van der Waals surface area contributed by atoms with E-state index < -0.39 is 0 Å². The molecule has 3 nitrogen and oxygen atoms in total. The van der Waals surface area contributed by atoms with Crippen LogP contribution in [0.5, 0.6) is 0 Å². The number of benzene rings is 1. The van der Waals surface area contributed by atoms with Gasteiger partial charge in [0.15, 0.2) is 5.13 Å². The van der Waals surface area contributed by atoms with E-state index in [0.29, 0.717) is 10.9 Å². The standard InChI is InChI=1S/C15H17FN2OS2/c1-3-8-20-9-13(19)17-15-18-14(10(2)21-15)11-4-6-12(16)7-5-11/h4-7H,3,8-9H2,1-2H3,(H,17,18,19). The summed E-state index contributed by atoms with van der Waals surface area (Å²) in [6.45, 7) is 4.03. The number of amides is 1. The van der Waals surface area contributed by atoms with Gasteiger partial charge in [0.1, 0.15) is 5.82 Å². The van der Waals surface area contributed by atoms with Crippen LogP contribution in [0.4, 0.5) is 9.52 Å². The molecule has 21 heavy (non-hydrogen) atoms. The third kappa shape index (κ3) is 4.54. The Hall–Kier alpha value is -1.40. The molecule has 6 heteroatoms. The second-order valence-corrected chi connectivity index (χ2v) is 6.84. The number of carbonyl (C=O) groups is 1. The zero-order chi connectivity index (χ0) is 15.2. The number of hydrogen-bond donors (Lipinski definition) is 1. The lowest BCUT2D eigenvalue weighted by atomic mass is 10.1. The SMILES string of the molecule is CCCSCC(=O)Nc1nc(-c2ccc(F)cc2)c(C)s1. The van der Waals surface area contributed by atoms with Gasteiger partial charge in [-0.3, -0.25) is 4.79 Å². The number of halogens is 1. The summed E-state index contributed by atoms with van der Waals surface area (Å²) in [7, 11) is 0. The van der Waals surface area contributed by atoms with E-state index in [1.807, 2.05) is 6.92 Å². The molecule has 0 fully saturated rings. The van der Waals surface area contributed by atoms with Crippen LogP contribution >= 0.6 is 23.1 Å². The monoisotopic (exact) mass is 324 g/mol. The molecule has 0 spiro atoms. The van der Waals surface area contributed by atoms with Gasteiger partial charge in [0.05, 0.1) is 11.4 Å². The highest BCUT2D eigenvalue weighted by atomic mass is 32.2. The first-order valence-electron chi connectivity index (χ1n) is 6.71. The Morgan fingerprint density at radius 3 is 2.76 bits per heavy atom. The number of carbonyl (C=O) groups excluding carboxylic acids is 1. The van der Waals surface area contributed by atoms with Crippen molar-refractivity contribution >= 4 is 34.1 Å².